The van der Waals surface area contributed by atoms with Crippen LogP contribution < -0.4 is 9.79 Å². The van der Waals surface area contributed by atoms with Gasteiger partial charge in [0.2, 0.25) is 10.0 Å². The highest BCUT2D eigenvalue weighted by Crippen LogP contribution is 2.41. The number of fused-ring (bicyclic) bond motifs is 1. The van der Waals surface area contributed by atoms with Crippen molar-refractivity contribution in [1.29, 1.82) is 0 Å². The van der Waals surface area contributed by atoms with Gasteiger partial charge < -0.3 is 4.42 Å². The van der Waals surface area contributed by atoms with Crippen LogP contribution in [0.15, 0.2) is 65.1 Å². The molecule has 176 valence electrons. The Balaban J connectivity index is 2.07. The lowest BCUT2D eigenvalue weighted by Crippen LogP contribution is -2.25. The second-order valence-corrected chi connectivity index (χ2v) is 9.92. The predicted molar refractivity (Wildman–Crippen MR) is 130 cm³/mol. The largest absolute Gasteiger partial charge is 0.455 e. The van der Waals surface area contributed by atoms with Gasteiger partial charge in [-0.3, -0.25) is 13.9 Å². The van der Waals surface area contributed by atoms with Crippen LogP contribution in [0.5, 0.6) is 0 Å². The minimum absolute atomic E-state index is 0.234. The smallest absolute Gasteiger partial charge is 0.279 e. The summed E-state index contributed by atoms with van der Waals surface area (Å²) in [6.45, 7) is 1.95. The third-order valence-electron chi connectivity index (χ3n) is 5.53. The molecule has 0 saturated carbocycles. The predicted octanol–water partition coefficient (Wildman–Crippen LogP) is 4.90. The third-order valence-corrected chi connectivity index (χ3v) is 6.73. The summed E-state index contributed by atoms with van der Waals surface area (Å²) in [6.07, 6.45) is 1.09. The van der Waals surface area contributed by atoms with E-state index in [1.807, 2.05) is 31.2 Å². The monoisotopic (exact) mass is 482 g/mol. The molecular weight excluding hydrogens is 459 g/mol. The third kappa shape index (κ3) is 4.40. The molecule has 9 heteroatoms. The number of halogens is 1. The maximum absolute atomic E-state index is 13.6. The Morgan fingerprint density at radius 2 is 1.65 bits per heavy atom. The van der Waals surface area contributed by atoms with Crippen LogP contribution in [0.4, 0.5) is 10.1 Å². The minimum atomic E-state index is -3.63. The molecule has 0 aliphatic rings. The van der Waals surface area contributed by atoms with Gasteiger partial charge in [-0.25, -0.2) is 18.3 Å². The summed E-state index contributed by atoms with van der Waals surface area (Å²) in [4.78, 5) is 17.8. The maximum atomic E-state index is 13.6. The molecule has 0 unspecified atom stereocenters. The molecule has 3 aromatic carbocycles. The van der Waals surface area contributed by atoms with Gasteiger partial charge in [0.25, 0.3) is 5.91 Å². The molecule has 4 rings (SSSR count). The van der Waals surface area contributed by atoms with Crippen LogP contribution in [0.1, 0.15) is 15.9 Å². The highest BCUT2D eigenvalue weighted by Gasteiger charge is 2.26. The average Bonchev–Trinajstić information content (AvgIpc) is 3.17. The highest BCUT2D eigenvalue weighted by atomic mass is 32.2. The molecule has 1 aromatic heterocycles. The van der Waals surface area contributed by atoms with Gasteiger partial charge in [-0.1, -0.05) is 42.0 Å². The van der Waals surface area contributed by atoms with Gasteiger partial charge in [0, 0.05) is 29.6 Å². The summed E-state index contributed by atoms with van der Waals surface area (Å²) in [7, 11) is -0.879. The summed E-state index contributed by atoms with van der Waals surface area (Å²) < 4.78 is 45.6. The fourth-order valence-corrected chi connectivity index (χ4v) is 4.22. The van der Waals surface area contributed by atoms with E-state index in [0.29, 0.717) is 39.1 Å². The van der Waals surface area contributed by atoms with Crippen molar-refractivity contribution in [1.82, 2.24) is 5.48 Å². The van der Waals surface area contributed by atoms with Crippen molar-refractivity contribution in [3.8, 4) is 22.5 Å². The number of aryl methyl sites for hydroxylation is 1. The van der Waals surface area contributed by atoms with Gasteiger partial charge in [-0.2, -0.15) is 0 Å². The van der Waals surface area contributed by atoms with Crippen molar-refractivity contribution in [3.63, 3.8) is 0 Å². The first-order valence-electron chi connectivity index (χ1n) is 10.3. The maximum Gasteiger partial charge on any atom is 0.279 e. The van der Waals surface area contributed by atoms with Crippen LogP contribution in [0, 0.1) is 12.7 Å². The second kappa shape index (κ2) is 8.92. The van der Waals surface area contributed by atoms with Crippen molar-refractivity contribution in [2.75, 3.05) is 24.7 Å². The number of nitrogens with one attached hydrogen (secondary N) is 1. The SMILES string of the molecule is CONC(=O)c1c(-c2ccc(C)cc2)oc2cc(N(C)S(C)(=O)=O)c(-c3ccc(F)cc3)cc12. The van der Waals surface area contributed by atoms with Crippen LogP contribution in [0.2, 0.25) is 0 Å². The fraction of sp³-hybridized carbons (Fsp3) is 0.160. The van der Waals surface area contributed by atoms with Crippen molar-refractivity contribution < 1.29 is 26.9 Å². The van der Waals surface area contributed by atoms with Crippen molar-refractivity contribution in [2.24, 2.45) is 0 Å². The zero-order valence-corrected chi connectivity index (χ0v) is 19.9. The lowest BCUT2D eigenvalue weighted by Gasteiger charge is -2.20. The van der Waals surface area contributed by atoms with Crippen molar-refractivity contribution in [3.05, 3.63) is 77.6 Å². The minimum Gasteiger partial charge on any atom is -0.455 e. The van der Waals surface area contributed by atoms with Crippen molar-refractivity contribution >= 4 is 32.6 Å². The molecule has 0 bridgehead atoms. The van der Waals surface area contributed by atoms with Crippen LogP contribution >= 0.6 is 0 Å². The number of benzene rings is 3. The van der Waals surface area contributed by atoms with Gasteiger partial charge in [0.15, 0.2) is 0 Å². The fourth-order valence-electron chi connectivity index (χ4n) is 3.71. The zero-order chi connectivity index (χ0) is 24.6. The summed E-state index contributed by atoms with van der Waals surface area (Å²) in [6, 6.07) is 16.4. The number of sulfonamides is 1. The summed E-state index contributed by atoms with van der Waals surface area (Å²) >= 11 is 0. The lowest BCUT2D eigenvalue weighted by atomic mass is 9.98. The number of hydrogen-bond donors (Lipinski definition) is 1. The number of carbonyl (C=O) groups excluding carboxylic acids is 1. The first-order chi connectivity index (χ1) is 16.1. The molecule has 0 spiro atoms. The van der Waals surface area contributed by atoms with Gasteiger partial charge in [-0.05, 0) is 30.7 Å². The van der Waals surface area contributed by atoms with E-state index in [4.69, 9.17) is 9.25 Å². The van der Waals surface area contributed by atoms with Crippen LogP contribution in [-0.2, 0) is 14.9 Å². The number of hydroxylamine groups is 1. The average molecular weight is 483 g/mol. The molecule has 7 nitrogen and oxygen atoms in total. The van der Waals surface area contributed by atoms with E-state index in [9.17, 15) is 17.6 Å². The molecule has 34 heavy (non-hydrogen) atoms. The Labute approximate surface area is 196 Å². The molecule has 0 saturated heterocycles. The molecule has 0 aliphatic carbocycles. The standard InChI is InChI=1S/C25H23FN2O5S/c1-15-5-7-17(8-6-15)24-23(25(29)27-32-3)20-13-19(16-9-11-18(26)12-10-16)21(14-22(20)33-24)28(2)34(4,30)31/h5-14H,1-4H3,(H,27,29). The first-order valence-corrected chi connectivity index (χ1v) is 12.2. The van der Waals surface area contributed by atoms with E-state index >= 15 is 0 Å². The zero-order valence-electron chi connectivity index (χ0n) is 19.0. The number of furan rings is 1. The number of anilines is 1. The molecule has 1 N–H and O–H groups in total. The van der Waals surface area contributed by atoms with Gasteiger partial charge in [-0.15, -0.1) is 0 Å². The van der Waals surface area contributed by atoms with Crippen molar-refractivity contribution in [2.45, 2.75) is 6.92 Å². The Kier molecular flexibility index (Phi) is 6.16. The van der Waals surface area contributed by atoms with E-state index in [1.165, 1.54) is 26.3 Å². The lowest BCUT2D eigenvalue weighted by molar-refractivity contribution is 0.0539. The molecule has 1 amide bonds. The number of carbonyl (C=O) groups is 1. The molecule has 1 heterocycles. The topological polar surface area (TPSA) is 88.8 Å². The van der Waals surface area contributed by atoms with Gasteiger partial charge in [0.05, 0.1) is 24.6 Å². The van der Waals surface area contributed by atoms with Gasteiger partial charge >= 0.3 is 0 Å². The number of hydrogen-bond acceptors (Lipinski definition) is 5. The second-order valence-electron chi connectivity index (χ2n) is 7.91. The Bertz CT molecular complexity index is 1480. The normalized spacial score (nSPS) is 11.6. The Morgan fingerprint density at radius 3 is 2.24 bits per heavy atom. The number of amides is 1. The number of rotatable bonds is 6. The van der Waals surface area contributed by atoms with E-state index in [2.05, 4.69) is 5.48 Å². The Hall–Kier alpha value is -3.69. The summed E-state index contributed by atoms with van der Waals surface area (Å²) in [5.41, 5.74) is 5.98. The van der Waals surface area contributed by atoms with Gasteiger partial charge in [0.1, 0.15) is 17.2 Å². The molecule has 4 aromatic rings. The summed E-state index contributed by atoms with van der Waals surface area (Å²) in [5, 5.41) is 0.454. The highest BCUT2D eigenvalue weighted by molar-refractivity contribution is 7.92. The van der Waals surface area contributed by atoms with E-state index in [0.717, 1.165) is 16.1 Å². The molecule has 0 atom stereocenters. The molecule has 0 fully saturated rings. The molecule has 0 radical (unpaired) electrons. The summed E-state index contributed by atoms with van der Waals surface area (Å²) in [5.74, 6) is -0.632. The van der Waals surface area contributed by atoms with Crippen LogP contribution in [0.25, 0.3) is 33.4 Å². The van der Waals surface area contributed by atoms with E-state index in [1.54, 1.807) is 24.3 Å². The van der Waals surface area contributed by atoms with E-state index < -0.39 is 21.7 Å². The van der Waals surface area contributed by atoms with E-state index in [-0.39, 0.29) is 5.56 Å². The van der Waals surface area contributed by atoms with Crippen LogP contribution in [0.3, 0.4) is 0 Å². The molecule has 0 aliphatic heterocycles. The first kappa shape index (κ1) is 23.5. The Morgan fingerprint density at radius 1 is 1.03 bits per heavy atom. The quantitative estimate of drug-likeness (QED) is 0.395. The van der Waals surface area contributed by atoms with Crippen LogP contribution in [-0.4, -0.2) is 34.7 Å². The number of nitrogens with zero attached hydrogens (tertiary/aromatic N) is 1. The molecular formula is C25H23FN2O5S.